The van der Waals surface area contributed by atoms with Crippen LogP contribution in [0.2, 0.25) is 0 Å². The average molecular weight is 501 g/mol. The lowest BCUT2D eigenvalue weighted by Crippen LogP contribution is -2.36. The Bertz CT molecular complexity index is 1380. The quantitative estimate of drug-likeness (QED) is 0.144. The maximum atomic E-state index is 9.75. The number of aromatic nitrogens is 3. The summed E-state index contributed by atoms with van der Waals surface area (Å²) in [7, 11) is -6.00. The molecule has 0 bridgehead atoms. The second-order valence-corrected chi connectivity index (χ2v) is 8.50. The maximum Gasteiger partial charge on any atom is 0.673 e. The summed E-state index contributed by atoms with van der Waals surface area (Å²) in [4.78, 5) is 8.87. The van der Waals surface area contributed by atoms with Crippen molar-refractivity contribution in [3.05, 3.63) is 121 Å². The minimum atomic E-state index is -6.00. The molecular formula is C29H24BF4N3. The van der Waals surface area contributed by atoms with Crippen molar-refractivity contribution in [2.24, 2.45) is 0 Å². The highest BCUT2D eigenvalue weighted by Gasteiger charge is 2.25. The number of halogens is 4. The van der Waals surface area contributed by atoms with Crippen LogP contribution in [-0.2, 0) is 0 Å². The van der Waals surface area contributed by atoms with Crippen molar-refractivity contribution in [1.29, 1.82) is 0 Å². The molecule has 0 fully saturated rings. The van der Waals surface area contributed by atoms with Gasteiger partial charge in [0.25, 0.3) is 0 Å². The Kier molecular flexibility index (Phi) is 7.77. The molecule has 0 aliphatic rings. The van der Waals surface area contributed by atoms with Gasteiger partial charge in [0.15, 0.2) is 0 Å². The highest BCUT2D eigenvalue weighted by molar-refractivity contribution is 6.50. The van der Waals surface area contributed by atoms with Gasteiger partial charge in [0.05, 0.1) is 5.69 Å². The molecular weight excluding hydrogens is 477 g/mol. The first kappa shape index (κ1) is 25.8. The summed E-state index contributed by atoms with van der Waals surface area (Å²) in [5.41, 5.74) is 10.1. The molecule has 8 heteroatoms. The normalized spacial score (nSPS) is 11.0. The van der Waals surface area contributed by atoms with Crippen LogP contribution in [0, 0.1) is 13.8 Å². The molecule has 37 heavy (non-hydrogen) atoms. The number of benzene rings is 2. The highest BCUT2D eigenvalue weighted by atomic mass is 19.5. The Morgan fingerprint density at radius 3 is 1.51 bits per heavy atom. The van der Waals surface area contributed by atoms with Gasteiger partial charge in [-0.15, -0.1) is 0 Å². The molecule has 0 amide bonds. The molecule has 5 aromatic rings. The molecule has 5 rings (SSSR count). The minimum absolute atomic E-state index is 0.955. The molecule has 0 radical (unpaired) electrons. The Morgan fingerprint density at radius 2 is 1.08 bits per heavy atom. The molecule has 3 nitrogen and oxygen atoms in total. The molecule has 3 aromatic heterocycles. The van der Waals surface area contributed by atoms with Crippen LogP contribution in [0.15, 0.2) is 110 Å². The summed E-state index contributed by atoms with van der Waals surface area (Å²) in [5.74, 6) is 0. The van der Waals surface area contributed by atoms with Crippen LogP contribution >= 0.6 is 0 Å². The zero-order chi connectivity index (χ0) is 26.4. The summed E-state index contributed by atoms with van der Waals surface area (Å²) < 4.78 is 41.3. The fourth-order valence-corrected chi connectivity index (χ4v) is 3.92. The van der Waals surface area contributed by atoms with Crippen molar-refractivity contribution >= 4 is 7.25 Å². The van der Waals surface area contributed by atoms with Gasteiger partial charge < -0.3 is 17.3 Å². The van der Waals surface area contributed by atoms with Crippen molar-refractivity contribution in [2.45, 2.75) is 13.8 Å². The van der Waals surface area contributed by atoms with E-state index in [9.17, 15) is 17.3 Å². The van der Waals surface area contributed by atoms with Crippen molar-refractivity contribution in [3.63, 3.8) is 0 Å². The number of hydrogen-bond acceptors (Lipinski definition) is 2. The SMILES string of the molecule is Cc1ccc(-c2cc(-c3ccccn3)cc(-c3ccc(C)cc3)[n+]2-c2ccncc2)cc1.F[B-](F)(F)F. The van der Waals surface area contributed by atoms with Crippen molar-refractivity contribution in [3.8, 4) is 39.5 Å². The molecule has 0 spiro atoms. The third kappa shape index (κ3) is 6.88. The van der Waals surface area contributed by atoms with Gasteiger partial charge in [-0.1, -0.05) is 41.5 Å². The maximum absolute atomic E-state index is 9.75. The summed E-state index contributed by atoms with van der Waals surface area (Å²) >= 11 is 0. The molecule has 0 aliphatic carbocycles. The van der Waals surface area contributed by atoms with Crippen LogP contribution < -0.4 is 4.57 Å². The van der Waals surface area contributed by atoms with E-state index in [1.807, 2.05) is 30.7 Å². The number of aryl methyl sites for hydroxylation is 2. The molecule has 186 valence electrons. The van der Waals surface area contributed by atoms with E-state index in [0.717, 1.165) is 39.5 Å². The van der Waals surface area contributed by atoms with E-state index in [4.69, 9.17) is 0 Å². The van der Waals surface area contributed by atoms with E-state index in [0.29, 0.717) is 0 Å². The van der Waals surface area contributed by atoms with Crippen LogP contribution in [0.4, 0.5) is 17.3 Å². The Balaban J connectivity index is 0.000000586. The van der Waals surface area contributed by atoms with E-state index in [2.05, 4.69) is 107 Å². The molecule has 0 saturated heterocycles. The number of rotatable bonds is 4. The largest absolute Gasteiger partial charge is 0.673 e. The third-order valence-electron chi connectivity index (χ3n) is 5.64. The zero-order valence-electron chi connectivity index (χ0n) is 20.3. The van der Waals surface area contributed by atoms with Gasteiger partial charge in [0.1, 0.15) is 0 Å². The van der Waals surface area contributed by atoms with E-state index < -0.39 is 7.25 Å². The Morgan fingerprint density at radius 1 is 0.595 bits per heavy atom. The van der Waals surface area contributed by atoms with Crippen LogP contribution in [0.25, 0.3) is 39.5 Å². The second kappa shape index (κ2) is 11.2. The van der Waals surface area contributed by atoms with Crippen molar-refractivity contribution < 1.29 is 21.8 Å². The predicted molar refractivity (Wildman–Crippen MR) is 140 cm³/mol. The average Bonchev–Trinajstić information content (AvgIpc) is 2.89. The van der Waals surface area contributed by atoms with E-state index >= 15 is 0 Å². The van der Waals surface area contributed by atoms with E-state index in [1.165, 1.54) is 11.1 Å². The topological polar surface area (TPSA) is 29.7 Å². The monoisotopic (exact) mass is 501 g/mol. The molecule has 0 unspecified atom stereocenters. The predicted octanol–water partition coefficient (Wildman–Crippen LogP) is 7.67. The van der Waals surface area contributed by atoms with E-state index in [-0.39, 0.29) is 0 Å². The summed E-state index contributed by atoms with van der Waals surface area (Å²) in [6.07, 6.45) is 5.52. The van der Waals surface area contributed by atoms with Crippen LogP contribution in [0.1, 0.15) is 11.1 Å². The van der Waals surface area contributed by atoms with Gasteiger partial charge in [-0.25, -0.2) is 0 Å². The molecule has 0 aliphatic heterocycles. The first-order valence-corrected chi connectivity index (χ1v) is 11.6. The summed E-state index contributed by atoms with van der Waals surface area (Å²) in [6, 6.07) is 32.0. The van der Waals surface area contributed by atoms with Gasteiger partial charge in [-0.3, -0.25) is 9.97 Å². The first-order chi connectivity index (χ1) is 17.7. The molecule has 3 heterocycles. The van der Waals surface area contributed by atoms with Crippen LogP contribution in [0.3, 0.4) is 0 Å². The number of pyridine rings is 3. The van der Waals surface area contributed by atoms with Gasteiger partial charge in [0, 0.05) is 59.5 Å². The van der Waals surface area contributed by atoms with Gasteiger partial charge in [0.2, 0.25) is 17.1 Å². The minimum Gasteiger partial charge on any atom is -0.418 e. The van der Waals surface area contributed by atoms with E-state index in [1.54, 1.807) is 0 Å². The standard InChI is InChI=1S/C29H24N3.BF4/c1-21-6-10-23(11-7-21)28-19-25(27-5-3-4-16-31-27)20-29(24-12-8-22(2)9-13-24)32(28)26-14-17-30-18-15-26;2-1(3,4)5/h3-20H,1-2H3;/q+1;-1. The lowest BCUT2D eigenvalue weighted by molar-refractivity contribution is -0.572. The van der Waals surface area contributed by atoms with Crippen LogP contribution in [0.5, 0.6) is 0 Å². The Hall–Kier alpha value is -4.33. The molecule has 0 N–H and O–H groups in total. The van der Waals surface area contributed by atoms with Gasteiger partial charge in [-0.2, -0.15) is 4.57 Å². The smallest absolute Gasteiger partial charge is 0.418 e. The third-order valence-corrected chi connectivity index (χ3v) is 5.64. The second-order valence-electron chi connectivity index (χ2n) is 8.50. The van der Waals surface area contributed by atoms with Crippen LogP contribution in [-0.4, -0.2) is 17.2 Å². The first-order valence-electron chi connectivity index (χ1n) is 11.6. The fourth-order valence-electron chi connectivity index (χ4n) is 3.92. The number of nitrogens with zero attached hydrogens (tertiary/aromatic N) is 3. The van der Waals surface area contributed by atoms with Crippen molar-refractivity contribution in [2.75, 3.05) is 0 Å². The molecule has 0 atom stereocenters. The fraction of sp³-hybridized carbons (Fsp3) is 0.0690. The van der Waals surface area contributed by atoms with Gasteiger partial charge in [-0.05, 0) is 50.2 Å². The van der Waals surface area contributed by atoms with Gasteiger partial charge >= 0.3 is 7.25 Å². The summed E-state index contributed by atoms with van der Waals surface area (Å²) in [6.45, 7) is 4.23. The van der Waals surface area contributed by atoms with Crippen molar-refractivity contribution in [1.82, 2.24) is 9.97 Å². The highest BCUT2D eigenvalue weighted by Crippen LogP contribution is 2.30. The Labute approximate surface area is 213 Å². The lowest BCUT2D eigenvalue weighted by Gasteiger charge is -2.12. The molecule has 0 saturated carbocycles. The molecule has 2 aromatic carbocycles. The summed E-state index contributed by atoms with van der Waals surface area (Å²) in [5, 5.41) is 0. The lowest BCUT2D eigenvalue weighted by atomic mass is 10.00. The zero-order valence-corrected chi connectivity index (χ0v) is 20.3. The number of hydrogen-bond donors (Lipinski definition) is 0.